The van der Waals surface area contributed by atoms with Crippen LogP contribution in [0.1, 0.15) is 58.7 Å². The van der Waals surface area contributed by atoms with Crippen molar-refractivity contribution in [3.8, 4) is 22.6 Å². The summed E-state index contributed by atoms with van der Waals surface area (Å²) >= 11 is 0. The lowest BCUT2D eigenvalue weighted by atomic mass is 9.94. The van der Waals surface area contributed by atoms with Gasteiger partial charge in [0.2, 0.25) is 0 Å². The Bertz CT molecular complexity index is 1860. The molecule has 0 spiro atoms. The molecule has 0 aliphatic carbocycles. The molecule has 0 aliphatic rings. The molecule has 4 aromatic rings. The van der Waals surface area contributed by atoms with E-state index in [1.165, 1.54) is 6.92 Å². The lowest BCUT2D eigenvalue weighted by molar-refractivity contribution is -0.140. The summed E-state index contributed by atoms with van der Waals surface area (Å²) in [7, 11) is 3.20. The van der Waals surface area contributed by atoms with E-state index in [9.17, 15) is 9.59 Å². The monoisotopic (exact) mass is 740 g/mol. The molecule has 5 N–H and O–H groups in total. The van der Waals surface area contributed by atoms with Gasteiger partial charge in [-0.3, -0.25) is 24.4 Å². The van der Waals surface area contributed by atoms with Crippen molar-refractivity contribution in [3.63, 3.8) is 0 Å². The van der Waals surface area contributed by atoms with Gasteiger partial charge in [-0.1, -0.05) is 37.8 Å². The maximum atomic E-state index is 13.3. The molecule has 2 aromatic heterocycles. The molecular weight excluding hydrogens is 688 g/mol. The first kappa shape index (κ1) is 44.1. The number of carboxylic acid groups (broad SMARTS) is 1. The van der Waals surface area contributed by atoms with Crippen LogP contribution in [-0.4, -0.2) is 67.3 Å². The largest absolute Gasteiger partial charge is 0.496 e. The second-order valence-corrected chi connectivity index (χ2v) is 11.6. The highest BCUT2D eigenvalue weighted by Gasteiger charge is 2.17. The minimum absolute atomic E-state index is 0.224. The molecule has 0 aliphatic heterocycles. The molecular formula is C41H52N6O7. The Morgan fingerprint density at radius 2 is 1.30 bits per heavy atom. The number of esters is 1. The van der Waals surface area contributed by atoms with Crippen molar-refractivity contribution in [2.24, 2.45) is 0 Å². The zero-order valence-corrected chi connectivity index (χ0v) is 32.0. The summed E-state index contributed by atoms with van der Waals surface area (Å²) < 4.78 is 16.1. The maximum Gasteiger partial charge on any atom is 0.302 e. The molecule has 0 saturated carbocycles. The van der Waals surface area contributed by atoms with Gasteiger partial charge < -0.3 is 40.6 Å². The van der Waals surface area contributed by atoms with E-state index in [1.807, 2.05) is 49.5 Å². The van der Waals surface area contributed by atoms with E-state index in [0.717, 1.165) is 57.8 Å². The fraction of sp³-hybridized carbons (Fsp3) is 0.293. The van der Waals surface area contributed by atoms with Crippen LogP contribution in [0.5, 0.6) is 11.5 Å². The number of nitrogens with one attached hydrogen (secondary N) is 4. The van der Waals surface area contributed by atoms with Gasteiger partial charge in [0.05, 0.1) is 25.6 Å². The molecule has 0 saturated heterocycles. The predicted octanol–water partition coefficient (Wildman–Crippen LogP) is 6.77. The summed E-state index contributed by atoms with van der Waals surface area (Å²) in [5, 5.41) is 19.9. The Kier molecular flexibility index (Phi) is 19.2. The molecule has 2 heterocycles. The van der Waals surface area contributed by atoms with Gasteiger partial charge in [-0.25, -0.2) is 0 Å². The Hall–Kier alpha value is -6.05. The van der Waals surface area contributed by atoms with E-state index in [4.69, 9.17) is 24.1 Å². The summed E-state index contributed by atoms with van der Waals surface area (Å²) in [5.74, 6) is 0.602. The number of carbonyl (C=O) groups is 3. The highest BCUT2D eigenvalue weighted by molar-refractivity contribution is 6.04. The third kappa shape index (κ3) is 12.9. The number of amides is 1. The van der Waals surface area contributed by atoms with Gasteiger partial charge in [0.25, 0.3) is 12.4 Å². The van der Waals surface area contributed by atoms with E-state index in [2.05, 4.69) is 70.9 Å². The Morgan fingerprint density at radius 1 is 0.815 bits per heavy atom. The number of hydrogen-bond donors (Lipinski definition) is 5. The van der Waals surface area contributed by atoms with Crippen LogP contribution in [0, 0.1) is 13.8 Å². The molecule has 2 aromatic carbocycles. The predicted molar refractivity (Wildman–Crippen MR) is 214 cm³/mol. The minimum Gasteiger partial charge on any atom is -0.496 e. The minimum atomic E-state index is -0.355. The quantitative estimate of drug-likeness (QED) is 0.0334. The Balaban J connectivity index is 0.00000192. The van der Waals surface area contributed by atoms with Crippen molar-refractivity contribution in [1.82, 2.24) is 20.6 Å². The first-order chi connectivity index (χ1) is 26.1. The third-order valence-electron chi connectivity index (χ3n) is 8.00. The number of carbonyl (C=O) groups excluding carboxylic acids is 2. The molecule has 13 heteroatoms. The standard InChI is InChI=1S/C38H46N6O5.C2H4.CH2O2/c1-8-15-39-20-28-22-41-34(18-36(28)47-6)26(4)43-32-13-9-11-30(24(32)2)31-12-10-14-33(25(31)3)44-38(46)35-19-37(48-7)29(23-42-35)21-40-16-17-49-27(5)45;1-2;2-1-3/h9-14,18-19,22-23,39-40,43H,4,8,15-17,20-21H2,1-3,5-7H3,(H,44,46);1-2H2;1H,(H,2,3). The van der Waals surface area contributed by atoms with Gasteiger partial charge in [0.15, 0.2) is 0 Å². The van der Waals surface area contributed by atoms with Crippen molar-refractivity contribution < 1.29 is 33.7 Å². The number of benzene rings is 2. The second kappa shape index (κ2) is 23.5. The Labute approximate surface area is 317 Å². The summed E-state index contributed by atoms with van der Waals surface area (Å²) in [6, 6.07) is 15.4. The smallest absolute Gasteiger partial charge is 0.302 e. The van der Waals surface area contributed by atoms with E-state index < -0.39 is 0 Å². The first-order valence-electron chi connectivity index (χ1n) is 17.2. The van der Waals surface area contributed by atoms with E-state index in [-0.39, 0.29) is 30.6 Å². The van der Waals surface area contributed by atoms with Crippen molar-refractivity contribution in [1.29, 1.82) is 0 Å². The normalized spacial score (nSPS) is 10.0. The van der Waals surface area contributed by atoms with Crippen LogP contribution >= 0.6 is 0 Å². The average molecular weight is 741 g/mol. The van der Waals surface area contributed by atoms with Crippen LogP contribution in [0.2, 0.25) is 0 Å². The summed E-state index contributed by atoms with van der Waals surface area (Å²) in [4.78, 5) is 41.7. The number of anilines is 2. The van der Waals surface area contributed by atoms with Crippen molar-refractivity contribution in [2.75, 3.05) is 44.5 Å². The van der Waals surface area contributed by atoms with Crippen LogP contribution < -0.4 is 30.7 Å². The molecule has 0 radical (unpaired) electrons. The zero-order chi connectivity index (χ0) is 40.0. The number of aromatic nitrogens is 2. The van der Waals surface area contributed by atoms with Crippen LogP contribution in [0.15, 0.2) is 80.7 Å². The van der Waals surface area contributed by atoms with Crippen LogP contribution in [0.3, 0.4) is 0 Å². The number of rotatable bonds is 17. The molecule has 0 unspecified atom stereocenters. The molecule has 54 heavy (non-hydrogen) atoms. The van der Waals surface area contributed by atoms with Gasteiger partial charge in [-0.2, -0.15) is 0 Å². The van der Waals surface area contributed by atoms with E-state index >= 15 is 0 Å². The summed E-state index contributed by atoms with van der Waals surface area (Å²) in [6.07, 6.45) is 4.48. The molecule has 13 nitrogen and oxygen atoms in total. The maximum absolute atomic E-state index is 13.3. The molecule has 288 valence electrons. The number of nitrogens with zero attached hydrogens (tertiary/aromatic N) is 2. The van der Waals surface area contributed by atoms with Gasteiger partial charge in [-0.05, 0) is 61.2 Å². The third-order valence-corrected chi connectivity index (χ3v) is 8.00. The van der Waals surface area contributed by atoms with E-state index in [0.29, 0.717) is 42.5 Å². The molecule has 4 rings (SSSR count). The average Bonchev–Trinajstić information content (AvgIpc) is 3.17. The fourth-order valence-corrected chi connectivity index (χ4v) is 5.29. The highest BCUT2D eigenvalue weighted by atomic mass is 16.5. The zero-order valence-electron chi connectivity index (χ0n) is 32.0. The lowest BCUT2D eigenvalue weighted by Gasteiger charge is -2.18. The van der Waals surface area contributed by atoms with Crippen LogP contribution in [0.4, 0.5) is 11.4 Å². The van der Waals surface area contributed by atoms with Crippen LogP contribution in [-0.2, 0) is 27.4 Å². The van der Waals surface area contributed by atoms with Gasteiger partial charge >= 0.3 is 5.97 Å². The molecule has 1 amide bonds. The molecule has 0 atom stereocenters. The van der Waals surface area contributed by atoms with E-state index in [1.54, 1.807) is 26.5 Å². The number of pyridine rings is 2. The second-order valence-electron chi connectivity index (χ2n) is 11.6. The fourth-order valence-electron chi connectivity index (χ4n) is 5.29. The van der Waals surface area contributed by atoms with Gasteiger partial charge in [0, 0.05) is 73.6 Å². The van der Waals surface area contributed by atoms with Crippen molar-refractivity contribution >= 4 is 35.4 Å². The number of ether oxygens (including phenoxy) is 3. The van der Waals surface area contributed by atoms with Gasteiger partial charge in [0.1, 0.15) is 23.8 Å². The van der Waals surface area contributed by atoms with Gasteiger partial charge in [-0.15, -0.1) is 13.2 Å². The SMILES string of the molecule is C=C.C=C(Nc1cccc(-c2cccc(NC(=O)c3cc(OC)c(CNCCOC(C)=O)cn3)c2C)c1C)c1cc(OC)c(CNCCC)cn1.O=CO. The molecule has 0 fully saturated rings. The van der Waals surface area contributed by atoms with Crippen molar-refractivity contribution in [2.45, 2.75) is 47.2 Å². The van der Waals surface area contributed by atoms with Crippen LogP contribution in [0.25, 0.3) is 16.8 Å². The van der Waals surface area contributed by atoms with Crippen molar-refractivity contribution in [3.05, 3.63) is 114 Å². The summed E-state index contributed by atoms with van der Waals surface area (Å²) in [6.45, 7) is 20.3. The number of methoxy groups -OCH3 is 2. The first-order valence-corrected chi connectivity index (χ1v) is 17.2. The Morgan fingerprint density at radius 3 is 1.80 bits per heavy atom. The number of hydrogen-bond acceptors (Lipinski definition) is 11. The summed E-state index contributed by atoms with van der Waals surface area (Å²) in [5.41, 5.74) is 8.82. The topological polar surface area (TPSA) is 173 Å². The lowest BCUT2D eigenvalue weighted by Crippen LogP contribution is -2.21. The molecule has 0 bridgehead atoms. The highest BCUT2D eigenvalue weighted by Crippen LogP contribution is 2.35.